The number of amides is 3. The zero-order valence-corrected chi connectivity index (χ0v) is 15.5. The normalized spacial score (nSPS) is 14.1. The lowest BCUT2D eigenvalue weighted by Gasteiger charge is -2.30. The number of hydrogen-bond acceptors (Lipinski definition) is 7. The lowest BCUT2D eigenvalue weighted by atomic mass is 9.96. The number of carbonyl (C=O) groups excluding carboxylic acids is 5. The van der Waals surface area contributed by atoms with Crippen molar-refractivity contribution in [3.05, 3.63) is 29.3 Å². The number of ether oxygens (including phenoxy) is 2. The second-order valence-electron chi connectivity index (χ2n) is 6.17. The highest BCUT2D eigenvalue weighted by Crippen LogP contribution is 2.21. The molecule has 1 aliphatic heterocycles. The van der Waals surface area contributed by atoms with Crippen molar-refractivity contribution in [1.82, 2.24) is 4.90 Å². The minimum absolute atomic E-state index is 0.0243. The molecule has 0 aromatic heterocycles. The molecule has 0 bridgehead atoms. The summed E-state index contributed by atoms with van der Waals surface area (Å²) in [6.07, 6.45) is 0.749. The number of benzene rings is 1. The van der Waals surface area contributed by atoms with Crippen LogP contribution >= 0.6 is 0 Å². The minimum Gasteiger partial charge on any atom is -0.465 e. The first-order valence-electron chi connectivity index (χ1n) is 8.48. The summed E-state index contributed by atoms with van der Waals surface area (Å²) in [5.41, 5.74) is 5.26. The Kier molecular flexibility index (Phi) is 6.69. The molecule has 0 unspecified atom stereocenters. The number of carbonyl (C=O) groups is 5. The van der Waals surface area contributed by atoms with E-state index in [1.54, 1.807) is 0 Å². The number of likely N-dealkylation sites (tertiary alicyclic amines) is 1. The summed E-state index contributed by atoms with van der Waals surface area (Å²) in [5, 5.41) is 2.35. The number of methoxy groups -OCH3 is 2. The summed E-state index contributed by atoms with van der Waals surface area (Å²) in [4.78, 5) is 60.9. The molecule has 1 fully saturated rings. The molecule has 1 saturated heterocycles. The van der Waals surface area contributed by atoms with Crippen molar-refractivity contribution in [2.75, 3.05) is 32.6 Å². The van der Waals surface area contributed by atoms with Gasteiger partial charge in [0, 0.05) is 19.0 Å². The maximum absolute atomic E-state index is 12.4. The predicted octanol–water partition coefficient (Wildman–Crippen LogP) is -0.0778. The van der Waals surface area contributed by atoms with Gasteiger partial charge in [-0.3, -0.25) is 14.4 Å². The zero-order chi connectivity index (χ0) is 20.8. The third kappa shape index (κ3) is 4.64. The van der Waals surface area contributed by atoms with Crippen LogP contribution in [0.4, 0.5) is 5.69 Å². The molecule has 2 rings (SSSR count). The van der Waals surface area contributed by atoms with Crippen LogP contribution in [0.1, 0.15) is 33.6 Å². The molecule has 0 spiro atoms. The lowest BCUT2D eigenvalue weighted by molar-refractivity contribution is -0.144. The molecule has 3 amide bonds. The molecule has 3 N–H and O–H groups in total. The quantitative estimate of drug-likeness (QED) is 0.539. The van der Waals surface area contributed by atoms with Crippen molar-refractivity contribution in [3.63, 3.8) is 0 Å². The van der Waals surface area contributed by atoms with Gasteiger partial charge < -0.3 is 25.4 Å². The molecule has 1 heterocycles. The van der Waals surface area contributed by atoms with E-state index < -0.39 is 29.7 Å². The highest BCUT2D eigenvalue weighted by molar-refractivity contribution is 6.40. The Morgan fingerprint density at radius 1 is 1.04 bits per heavy atom. The Bertz CT molecular complexity index is 813. The number of nitrogens with zero attached hydrogens (tertiary/aromatic N) is 1. The summed E-state index contributed by atoms with van der Waals surface area (Å²) in [6, 6.07) is 3.85. The van der Waals surface area contributed by atoms with Gasteiger partial charge in [0.05, 0.1) is 31.0 Å². The zero-order valence-electron chi connectivity index (χ0n) is 15.5. The SMILES string of the molecule is COC(=O)c1ccc(C(=O)OC)c(NC(=O)C(=O)N2CCC(C(N)=O)CC2)c1. The topological polar surface area (TPSA) is 145 Å². The van der Waals surface area contributed by atoms with Crippen LogP contribution in [0.5, 0.6) is 0 Å². The molecule has 0 atom stereocenters. The van der Waals surface area contributed by atoms with Crippen molar-refractivity contribution in [3.8, 4) is 0 Å². The number of hydrogen-bond donors (Lipinski definition) is 2. The van der Waals surface area contributed by atoms with Crippen LogP contribution in [0, 0.1) is 5.92 Å². The molecule has 150 valence electrons. The van der Waals surface area contributed by atoms with Crippen molar-refractivity contribution >= 4 is 35.3 Å². The molecule has 10 heteroatoms. The first-order valence-corrected chi connectivity index (χ1v) is 8.48. The minimum atomic E-state index is -0.982. The van der Waals surface area contributed by atoms with Gasteiger partial charge in [-0.1, -0.05) is 0 Å². The number of rotatable bonds is 4. The van der Waals surface area contributed by atoms with Gasteiger partial charge in [0.2, 0.25) is 5.91 Å². The fourth-order valence-corrected chi connectivity index (χ4v) is 2.87. The van der Waals surface area contributed by atoms with E-state index in [0.29, 0.717) is 12.8 Å². The van der Waals surface area contributed by atoms with E-state index in [2.05, 4.69) is 14.8 Å². The van der Waals surface area contributed by atoms with Gasteiger partial charge >= 0.3 is 23.8 Å². The maximum Gasteiger partial charge on any atom is 0.339 e. The Morgan fingerprint density at radius 2 is 1.64 bits per heavy atom. The van der Waals surface area contributed by atoms with Crippen molar-refractivity contribution in [1.29, 1.82) is 0 Å². The van der Waals surface area contributed by atoms with E-state index in [4.69, 9.17) is 5.73 Å². The van der Waals surface area contributed by atoms with Gasteiger partial charge in [0.1, 0.15) is 0 Å². The van der Waals surface area contributed by atoms with Crippen molar-refractivity contribution in [2.45, 2.75) is 12.8 Å². The van der Waals surface area contributed by atoms with E-state index in [1.165, 1.54) is 30.2 Å². The molecule has 1 aromatic carbocycles. The van der Waals surface area contributed by atoms with Crippen molar-refractivity contribution in [2.24, 2.45) is 11.7 Å². The fourth-order valence-electron chi connectivity index (χ4n) is 2.87. The Labute approximate surface area is 160 Å². The Morgan fingerprint density at radius 3 is 2.18 bits per heavy atom. The van der Waals surface area contributed by atoms with E-state index >= 15 is 0 Å². The first kappa shape index (κ1) is 20.9. The fraction of sp³-hybridized carbons (Fsp3) is 0.389. The van der Waals surface area contributed by atoms with Gasteiger partial charge in [-0.15, -0.1) is 0 Å². The summed E-state index contributed by atoms with van der Waals surface area (Å²) in [7, 11) is 2.35. The molecule has 0 saturated carbocycles. The predicted molar refractivity (Wildman–Crippen MR) is 96.2 cm³/mol. The molecule has 1 aromatic rings. The highest BCUT2D eigenvalue weighted by atomic mass is 16.5. The van der Waals surface area contributed by atoms with Crippen molar-refractivity contribution < 1.29 is 33.4 Å². The van der Waals surface area contributed by atoms with E-state index in [9.17, 15) is 24.0 Å². The summed E-state index contributed by atoms with van der Waals surface area (Å²) in [6.45, 7) is 0.428. The number of nitrogens with two attached hydrogens (primary N) is 1. The van der Waals surface area contributed by atoms with E-state index in [-0.39, 0.29) is 35.8 Å². The molecule has 10 nitrogen and oxygen atoms in total. The van der Waals surface area contributed by atoms with Crippen LogP contribution in [0.2, 0.25) is 0 Å². The average molecular weight is 391 g/mol. The Balaban J connectivity index is 2.17. The number of anilines is 1. The van der Waals surface area contributed by atoms with Gasteiger partial charge in [-0.05, 0) is 31.0 Å². The van der Waals surface area contributed by atoms with Gasteiger partial charge in [0.15, 0.2) is 0 Å². The van der Waals surface area contributed by atoms with Crippen LogP contribution in [0.25, 0.3) is 0 Å². The lowest BCUT2D eigenvalue weighted by Crippen LogP contribution is -2.46. The maximum atomic E-state index is 12.4. The van der Waals surface area contributed by atoms with Crippen LogP contribution in [-0.2, 0) is 23.9 Å². The first-order chi connectivity index (χ1) is 13.3. The summed E-state index contributed by atoms with van der Waals surface area (Å²) < 4.78 is 9.26. The second-order valence-corrected chi connectivity index (χ2v) is 6.17. The smallest absolute Gasteiger partial charge is 0.339 e. The number of nitrogens with one attached hydrogen (secondary N) is 1. The summed E-state index contributed by atoms with van der Waals surface area (Å²) in [5.74, 6) is -3.98. The highest BCUT2D eigenvalue weighted by Gasteiger charge is 2.30. The third-order valence-electron chi connectivity index (χ3n) is 4.47. The van der Waals surface area contributed by atoms with E-state index in [1.807, 2.05) is 0 Å². The molecule has 0 aliphatic carbocycles. The number of piperidine rings is 1. The van der Waals surface area contributed by atoms with Gasteiger partial charge in [-0.25, -0.2) is 9.59 Å². The van der Waals surface area contributed by atoms with Crippen LogP contribution in [0.3, 0.4) is 0 Å². The molecule has 1 aliphatic rings. The largest absolute Gasteiger partial charge is 0.465 e. The number of primary amides is 1. The van der Waals surface area contributed by atoms with E-state index in [0.717, 1.165) is 7.11 Å². The van der Waals surface area contributed by atoms with Crippen LogP contribution in [0.15, 0.2) is 18.2 Å². The molecule has 0 radical (unpaired) electrons. The number of esters is 2. The molecular weight excluding hydrogens is 370 g/mol. The van der Waals surface area contributed by atoms with Crippen LogP contribution in [-0.4, -0.2) is 61.9 Å². The summed E-state index contributed by atoms with van der Waals surface area (Å²) >= 11 is 0. The Hall–Kier alpha value is -3.43. The second kappa shape index (κ2) is 8.98. The van der Waals surface area contributed by atoms with Gasteiger partial charge in [-0.2, -0.15) is 0 Å². The van der Waals surface area contributed by atoms with Crippen LogP contribution < -0.4 is 11.1 Å². The monoisotopic (exact) mass is 391 g/mol. The van der Waals surface area contributed by atoms with Gasteiger partial charge in [0.25, 0.3) is 0 Å². The average Bonchev–Trinajstić information content (AvgIpc) is 2.71. The molecular formula is C18H21N3O7. The standard InChI is InChI=1S/C18H21N3O7/c1-27-17(25)11-3-4-12(18(26)28-2)13(9-11)20-15(23)16(24)21-7-5-10(6-8-21)14(19)22/h3-4,9-10H,5-8H2,1-2H3,(H2,19,22)(H,20,23). The molecule has 28 heavy (non-hydrogen) atoms. The third-order valence-corrected chi connectivity index (χ3v) is 4.47.